The number of nitrogens with two attached hydrogens (primary N) is 1. The van der Waals surface area contributed by atoms with Crippen LogP contribution < -0.4 is 5.73 Å². The van der Waals surface area contributed by atoms with Crippen molar-refractivity contribution in [3.05, 3.63) is 0 Å². The Bertz CT molecular complexity index is 316. The van der Waals surface area contributed by atoms with E-state index in [0.29, 0.717) is 18.4 Å². The molecule has 4 heteroatoms. The highest BCUT2D eigenvalue weighted by molar-refractivity contribution is 5.79. The molecule has 0 radical (unpaired) electrons. The van der Waals surface area contributed by atoms with Gasteiger partial charge in [0.05, 0.1) is 0 Å². The van der Waals surface area contributed by atoms with Gasteiger partial charge in [-0.3, -0.25) is 9.69 Å². The van der Waals surface area contributed by atoms with Gasteiger partial charge in [0.2, 0.25) is 5.91 Å². The van der Waals surface area contributed by atoms with E-state index in [1.807, 2.05) is 0 Å². The first kappa shape index (κ1) is 13.8. The highest BCUT2D eigenvalue weighted by Crippen LogP contribution is 2.33. The average molecular weight is 253 g/mol. The number of amides is 1. The van der Waals surface area contributed by atoms with Gasteiger partial charge >= 0.3 is 0 Å². The molecule has 2 rings (SSSR count). The number of carbonyl (C=O) groups excluding carboxylic acids is 1. The van der Waals surface area contributed by atoms with Gasteiger partial charge in [-0.15, -0.1) is 0 Å². The predicted octanol–water partition coefficient (Wildman–Crippen LogP) is 0.914. The number of hydrogen-bond acceptors (Lipinski definition) is 3. The Hall–Kier alpha value is -0.610. The van der Waals surface area contributed by atoms with Crippen LogP contribution in [0.5, 0.6) is 0 Å². The summed E-state index contributed by atoms with van der Waals surface area (Å²) in [6, 6.07) is 0. The Morgan fingerprint density at radius 2 is 2.06 bits per heavy atom. The van der Waals surface area contributed by atoms with Gasteiger partial charge < -0.3 is 10.6 Å². The zero-order valence-corrected chi connectivity index (χ0v) is 12.0. The molecular weight excluding hydrogens is 226 g/mol. The third-order valence-electron chi connectivity index (χ3n) is 4.91. The second kappa shape index (κ2) is 5.17. The van der Waals surface area contributed by atoms with Gasteiger partial charge in [-0.1, -0.05) is 6.42 Å². The first-order valence-corrected chi connectivity index (χ1v) is 7.16. The van der Waals surface area contributed by atoms with Crippen molar-refractivity contribution in [1.82, 2.24) is 9.80 Å². The standard InChI is InChI=1S/C14H27N3O/c1-14(2)10-17(8-7-16(14)3)13(18)12-6-4-5-11(12)9-15/h11-12H,4-10,15H2,1-3H3. The highest BCUT2D eigenvalue weighted by Gasteiger charge is 2.39. The van der Waals surface area contributed by atoms with Crippen LogP contribution in [0, 0.1) is 11.8 Å². The number of likely N-dealkylation sites (N-methyl/N-ethyl adjacent to an activating group) is 1. The fourth-order valence-electron chi connectivity index (χ4n) is 3.31. The van der Waals surface area contributed by atoms with Crippen molar-refractivity contribution in [2.75, 3.05) is 33.2 Å². The van der Waals surface area contributed by atoms with Gasteiger partial charge in [0.1, 0.15) is 0 Å². The summed E-state index contributed by atoms with van der Waals surface area (Å²) in [5.74, 6) is 0.957. The van der Waals surface area contributed by atoms with Crippen molar-refractivity contribution < 1.29 is 4.79 Å². The normalized spacial score (nSPS) is 32.8. The fourth-order valence-corrected chi connectivity index (χ4v) is 3.31. The molecule has 1 aliphatic carbocycles. The Morgan fingerprint density at radius 3 is 2.67 bits per heavy atom. The molecule has 0 aromatic rings. The number of carbonyl (C=O) groups is 1. The second-order valence-corrected chi connectivity index (χ2v) is 6.53. The Balaban J connectivity index is 2.01. The second-order valence-electron chi connectivity index (χ2n) is 6.53. The molecule has 2 unspecified atom stereocenters. The van der Waals surface area contributed by atoms with Crippen molar-refractivity contribution in [3.63, 3.8) is 0 Å². The topological polar surface area (TPSA) is 49.6 Å². The molecule has 0 aromatic carbocycles. The third-order valence-corrected chi connectivity index (χ3v) is 4.91. The maximum atomic E-state index is 12.6. The van der Waals surface area contributed by atoms with Crippen LogP contribution in [0.15, 0.2) is 0 Å². The fraction of sp³-hybridized carbons (Fsp3) is 0.929. The van der Waals surface area contributed by atoms with Gasteiger partial charge in [0.15, 0.2) is 0 Å². The van der Waals surface area contributed by atoms with Crippen LogP contribution in [-0.4, -0.2) is 54.5 Å². The molecule has 0 spiro atoms. The Kier molecular flexibility index (Phi) is 3.97. The van der Waals surface area contributed by atoms with Crippen LogP contribution >= 0.6 is 0 Å². The van der Waals surface area contributed by atoms with E-state index in [-0.39, 0.29) is 11.5 Å². The molecule has 2 atom stereocenters. The van der Waals surface area contributed by atoms with Gasteiger partial charge in [0.25, 0.3) is 0 Å². The minimum absolute atomic E-state index is 0.0880. The molecule has 1 heterocycles. The molecular formula is C14H27N3O. The van der Waals surface area contributed by atoms with Gasteiger partial charge in [-0.25, -0.2) is 0 Å². The van der Waals surface area contributed by atoms with E-state index < -0.39 is 0 Å². The first-order valence-electron chi connectivity index (χ1n) is 7.16. The molecule has 2 N–H and O–H groups in total. The van der Waals surface area contributed by atoms with E-state index >= 15 is 0 Å². The smallest absolute Gasteiger partial charge is 0.226 e. The van der Waals surface area contributed by atoms with Crippen LogP contribution in [0.25, 0.3) is 0 Å². The van der Waals surface area contributed by atoms with Crippen LogP contribution in [0.2, 0.25) is 0 Å². The van der Waals surface area contributed by atoms with Crippen molar-refractivity contribution in [2.24, 2.45) is 17.6 Å². The molecule has 18 heavy (non-hydrogen) atoms. The lowest BCUT2D eigenvalue weighted by Gasteiger charge is -2.46. The molecule has 0 bridgehead atoms. The maximum Gasteiger partial charge on any atom is 0.226 e. The van der Waals surface area contributed by atoms with Gasteiger partial charge in [-0.2, -0.15) is 0 Å². The molecule has 1 aliphatic heterocycles. The van der Waals surface area contributed by atoms with Gasteiger partial charge in [-0.05, 0) is 46.2 Å². The summed E-state index contributed by atoms with van der Waals surface area (Å²) in [4.78, 5) is 17.0. The molecule has 4 nitrogen and oxygen atoms in total. The predicted molar refractivity (Wildman–Crippen MR) is 73.2 cm³/mol. The third kappa shape index (κ3) is 2.54. The zero-order valence-electron chi connectivity index (χ0n) is 12.0. The van der Waals surface area contributed by atoms with Crippen molar-refractivity contribution in [1.29, 1.82) is 0 Å². The zero-order chi connectivity index (χ0) is 13.3. The molecule has 104 valence electrons. The van der Waals surface area contributed by atoms with E-state index in [4.69, 9.17) is 5.73 Å². The molecule has 1 saturated carbocycles. The van der Waals surface area contributed by atoms with Crippen LogP contribution in [0.4, 0.5) is 0 Å². The van der Waals surface area contributed by atoms with Crippen molar-refractivity contribution >= 4 is 5.91 Å². The van der Waals surface area contributed by atoms with Gasteiger partial charge in [0, 0.05) is 31.1 Å². The summed E-state index contributed by atoms with van der Waals surface area (Å²) in [5.41, 5.74) is 5.88. The largest absolute Gasteiger partial charge is 0.339 e. The Labute approximate surface area is 110 Å². The summed E-state index contributed by atoms with van der Waals surface area (Å²) >= 11 is 0. The summed E-state index contributed by atoms with van der Waals surface area (Å²) in [5, 5.41) is 0. The first-order chi connectivity index (χ1) is 8.45. The Morgan fingerprint density at radius 1 is 1.33 bits per heavy atom. The summed E-state index contributed by atoms with van der Waals surface area (Å²) in [6.45, 7) is 7.76. The lowest BCUT2D eigenvalue weighted by atomic mass is 9.92. The number of hydrogen-bond donors (Lipinski definition) is 1. The monoisotopic (exact) mass is 253 g/mol. The van der Waals surface area contributed by atoms with E-state index in [9.17, 15) is 4.79 Å². The molecule has 0 aromatic heterocycles. The average Bonchev–Trinajstić information content (AvgIpc) is 2.79. The van der Waals surface area contributed by atoms with Crippen molar-refractivity contribution in [2.45, 2.75) is 38.6 Å². The maximum absolute atomic E-state index is 12.6. The van der Waals surface area contributed by atoms with E-state index in [2.05, 4.69) is 30.7 Å². The van der Waals surface area contributed by atoms with E-state index in [1.54, 1.807) is 0 Å². The van der Waals surface area contributed by atoms with Crippen LogP contribution in [-0.2, 0) is 4.79 Å². The molecule has 2 fully saturated rings. The molecule has 1 amide bonds. The molecule has 2 aliphatic rings. The lowest BCUT2D eigenvalue weighted by Crippen LogP contribution is -2.60. The summed E-state index contributed by atoms with van der Waals surface area (Å²) in [7, 11) is 2.14. The van der Waals surface area contributed by atoms with Crippen LogP contribution in [0.1, 0.15) is 33.1 Å². The quantitative estimate of drug-likeness (QED) is 0.796. The van der Waals surface area contributed by atoms with E-state index in [1.165, 1.54) is 0 Å². The number of rotatable bonds is 2. The lowest BCUT2D eigenvalue weighted by molar-refractivity contribution is -0.141. The SMILES string of the molecule is CN1CCN(C(=O)C2CCCC2CN)CC1(C)C. The summed E-state index contributed by atoms with van der Waals surface area (Å²) in [6.07, 6.45) is 3.33. The van der Waals surface area contributed by atoms with Crippen LogP contribution in [0.3, 0.4) is 0 Å². The minimum Gasteiger partial charge on any atom is -0.339 e. The van der Waals surface area contributed by atoms with E-state index in [0.717, 1.165) is 38.9 Å². The number of nitrogens with zero attached hydrogens (tertiary/aromatic N) is 2. The minimum atomic E-state index is 0.0880. The summed E-state index contributed by atoms with van der Waals surface area (Å²) < 4.78 is 0. The van der Waals surface area contributed by atoms with Crippen molar-refractivity contribution in [3.8, 4) is 0 Å². The molecule has 1 saturated heterocycles. The number of piperazine rings is 1. The highest BCUT2D eigenvalue weighted by atomic mass is 16.2.